The van der Waals surface area contributed by atoms with Crippen LogP contribution in [0, 0.1) is 13.8 Å². The first-order chi connectivity index (χ1) is 11.8. The normalized spacial score (nSPS) is 11.7. The third-order valence-corrected chi connectivity index (χ3v) is 3.73. The maximum Gasteiger partial charge on any atom is 0.316 e. The molecule has 0 radical (unpaired) electrons. The van der Waals surface area contributed by atoms with E-state index in [9.17, 15) is 8.78 Å². The van der Waals surface area contributed by atoms with Crippen LogP contribution in [0.1, 0.15) is 23.2 Å². The maximum atomic E-state index is 12.9. The van der Waals surface area contributed by atoms with Gasteiger partial charge in [-0.1, -0.05) is 11.6 Å². The molecule has 0 fully saturated rings. The van der Waals surface area contributed by atoms with E-state index in [1.165, 1.54) is 24.4 Å². The molecule has 1 aromatic carbocycles. The van der Waals surface area contributed by atoms with Crippen molar-refractivity contribution in [1.82, 2.24) is 9.97 Å². The topological polar surface area (TPSA) is 90.3 Å². The molecule has 0 aliphatic rings. The van der Waals surface area contributed by atoms with Crippen molar-refractivity contribution in [2.75, 3.05) is 11.6 Å². The molecule has 0 spiro atoms. The van der Waals surface area contributed by atoms with Crippen molar-refractivity contribution in [3.05, 3.63) is 58.1 Å². The molecule has 0 atom stereocenters. The van der Waals surface area contributed by atoms with Crippen LogP contribution in [0.2, 0.25) is 5.02 Å². The Labute approximate surface area is 149 Å². The van der Waals surface area contributed by atoms with Crippen LogP contribution in [0.3, 0.4) is 0 Å². The van der Waals surface area contributed by atoms with Crippen LogP contribution < -0.4 is 21.3 Å². The van der Waals surface area contributed by atoms with E-state index in [-0.39, 0.29) is 28.9 Å². The minimum Gasteiger partial charge on any atom is -0.457 e. The van der Waals surface area contributed by atoms with Gasteiger partial charge in [0.05, 0.1) is 11.4 Å². The summed E-state index contributed by atoms with van der Waals surface area (Å²) in [5, 5.41) is 1.08. The highest BCUT2D eigenvalue weighted by Crippen LogP contribution is 2.30. The fourth-order valence-corrected chi connectivity index (χ4v) is 2.07. The molecule has 25 heavy (non-hydrogen) atoms. The zero-order valence-corrected chi connectivity index (χ0v) is 14.5. The molecule has 1 aromatic heterocycles. The Morgan fingerprint density at radius 2 is 2.12 bits per heavy atom. The highest BCUT2D eigenvalue weighted by atomic mass is 35.5. The summed E-state index contributed by atoms with van der Waals surface area (Å²) in [7, 11) is 0. The average molecular weight is 370 g/mol. The number of halogens is 3. The number of benzene rings is 1. The second kappa shape index (κ2) is 8.09. The van der Waals surface area contributed by atoms with Crippen LogP contribution in [0.5, 0.6) is 6.01 Å². The molecule has 0 saturated carbocycles. The lowest BCUT2D eigenvalue weighted by Gasteiger charge is -2.17. The molecule has 1 heterocycles. The van der Waals surface area contributed by atoms with Gasteiger partial charge in [0.2, 0.25) is 0 Å². The predicted molar refractivity (Wildman–Crippen MR) is 92.3 cm³/mol. The van der Waals surface area contributed by atoms with Crippen molar-refractivity contribution < 1.29 is 13.5 Å². The number of hydrazine groups is 1. The number of aromatic nitrogens is 2. The fourth-order valence-electron chi connectivity index (χ4n) is 1.87. The van der Waals surface area contributed by atoms with Crippen LogP contribution in [0.15, 0.2) is 36.3 Å². The van der Waals surface area contributed by atoms with E-state index >= 15 is 0 Å². The fraction of sp³-hybridized carbons (Fsp3) is 0.250. The number of hydrogen-bond acceptors (Lipinski definition) is 6. The third-order valence-electron chi connectivity index (χ3n) is 3.39. The van der Waals surface area contributed by atoms with Gasteiger partial charge in [-0.15, -0.1) is 0 Å². The second-order valence-electron chi connectivity index (χ2n) is 5.33. The van der Waals surface area contributed by atoms with Crippen molar-refractivity contribution >= 4 is 17.3 Å². The van der Waals surface area contributed by atoms with Crippen molar-refractivity contribution in [3.63, 3.8) is 0 Å². The van der Waals surface area contributed by atoms with Gasteiger partial charge in [-0.25, -0.2) is 24.6 Å². The van der Waals surface area contributed by atoms with Crippen molar-refractivity contribution in [2.24, 2.45) is 11.6 Å². The quantitative estimate of drug-likeness (QED) is 0.600. The average Bonchev–Trinajstić information content (AvgIpc) is 2.56. The summed E-state index contributed by atoms with van der Waals surface area (Å²) in [6.45, 7) is 3.72. The number of alkyl halides is 2. The van der Waals surface area contributed by atoms with Crippen LogP contribution in [-0.2, 0) is 0 Å². The lowest BCUT2D eigenvalue weighted by atomic mass is 10.2. The van der Waals surface area contributed by atoms with Crippen LogP contribution >= 0.6 is 11.6 Å². The van der Waals surface area contributed by atoms with Crippen molar-refractivity contribution in [1.29, 1.82) is 0 Å². The van der Waals surface area contributed by atoms with Gasteiger partial charge >= 0.3 is 6.01 Å². The van der Waals surface area contributed by atoms with Gasteiger partial charge in [0.1, 0.15) is 6.61 Å². The molecule has 2 rings (SSSR count). The Kier molecular flexibility index (Phi) is 6.11. The summed E-state index contributed by atoms with van der Waals surface area (Å²) in [6.07, 6.45) is 0.304. The Bertz CT molecular complexity index is 785. The van der Waals surface area contributed by atoms with Crippen LogP contribution in [-0.4, -0.2) is 16.6 Å². The molecule has 9 heteroatoms. The molecule has 2 aromatic rings. The first-order valence-corrected chi connectivity index (χ1v) is 7.66. The summed E-state index contributed by atoms with van der Waals surface area (Å²) >= 11 is 5.73. The minimum absolute atomic E-state index is 0.00844. The number of hydrogen-bond donors (Lipinski definition) is 2. The van der Waals surface area contributed by atoms with Gasteiger partial charge in [-0.2, -0.15) is 0 Å². The Balaban J connectivity index is 2.05. The van der Waals surface area contributed by atoms with Gasteiger partial charge < -0.3 is 10.5 Å². The van der Waals surface area contributed by atoms with E-state index in [1.807, 2.05) is 13.8 Å². The number of aryl methyl sites for hydroxylation is 2. The maximum absolute atomic E-state index is 12.9. The number of ether oxygens (including phenoxy) is 1. The van der Waals surface area contributed by atoms with E-state index in [1.54, 1.807) is 6.20 Å². The second-order valence-corrected chi connectivity index (χ2v) is 5.73. The molecule has 0 bridgehead atoms. The van der Waals surface area contributed by atoms with E-state index in [4.69, 9.17) is 27.9 Å². The first kappa shape index (κ1) is 18.9. The molecule has 6 nitrogen and oxygen atoms in total. The molecule has 0 amide bonds. The number of nitrogens with zero attached hydrogens (tertiary/aromatic N) is 3. The summed E-state index contributed by atoms with van der Waals surface area (Å²) in [5.41, 5.74) is 7.85. The summed E-state index contributed by atoms with van der Waals surface area (Å²) in [4.78, 5) is 8.19. The monoisotopic (exact) mass is 369 g/mol. The summed E-state index contributed by atoms with van der Waals surface area (Å²) in [6, 6.07) is 4.24. The van der Waals surface area contributed by atoms with Gasteiger partial charge in [-0.05, 0) is 37.6 Å². The lowest BCUT2D eigenvalue weighted by molar-refractivity contribution is 0.151. The van der Waals surface area contributed by atoms with E-state index in [0.717, 1.165) is 16.3 Å². The Morgan fingerprint density at radius 1 is 1.40 bits per heavy atom. The van der Waals surface area contributed by atoms with E-state index < -0.39 is 6.43 Å². The Hall–Kier alpha value is -2.45. The lowest BCUT2D eigenvalue weighted by Crippen LogP contribution is -2.27. The minimum atomic E-state index is -2.70. The molecule has 4 N–H and O–H groups in total. The van der Waals surface area contributed by atoms with Gasteiger partial charge in [0.15, 0.2) is 0 Å². The molecule has 0 aliphatic heterocycles. The molecule has 134 valence electrons. The van der Waals surface area contributed by atoms with Gasteiger partial charge in [0.25, 0.3) is 6.43 Å². The Morgan fingerprint density at radius 3 is 2.76 bits per heavy atom. The number of anilines is 1. The highest BCUT2D eigenvalue weighted by Gasteiger charge is 2.14. The third kappa shape index (κ3) is 5.01. The smallest absolute Gasteiger partial charge is 0.316 e. The molecule has 0 saturated heterocycles. The SMILES string of the molecule is Cc1cnc(OC/C(N)=C/N(N)c2ccc(Cl)c(C(F)F)c2)nc1C. The zero-order chi connectivity index (χ0) is 18.6. The summed E-state index contributed by atoms with van der Waals surface area (Å²) < 4.78 is 31.2. The highest BCUT2D eigenvalue weighted by molar-refractivity contribution is 6.31. The first-order valence-electron chi connectivity index (χ1n) is 7.28. The molecule has 0 aliphatic carbocycles. The largest absolute Gasteiger partial charge is 0.457 e. The molecule has 0 unspecified atom stereocenters. The number of rotatable bonds is 6. The van der Waals surface area contributed by atoms with Crippen molar-refractivity contribution in [3.8, 4) is 6.01 Å². The predicted octanol–water partition coefficient (Wildman–Crippen LogP) is 3.24. The van der Waals surface area contributed by atoms with Crippen LogP contribution in [0.4, 0.5) is 14.5 Å². The molecular formula is C16H18ClF2N5O. The summed E-state index contributed by atoms with van der Waals surface area (Å²) in [5.74, 6) is 5.83. The zero-order valence-electron chi connectivity index (χ0n) is 13.7. The van der Waals surface area contributed by atoms with Gasteiger partial charge in [-0.3, -0.25) is 5.01 Å². The van der Waals surface area contributed by atoms with Gasteiger partial charge in [0, 0.05) is 28.7 Å². The van der Waals surface area contributed by atoms with E-state index in [2.05, 4.69) is 9.97 Å². The van der Waals surface area contributed by atoms with Crippen molar-refractivity contribution in [2.45, 2.75) is 20.3 Å². The molecular weight excluding hydrogens is 352 g/mol. The van der Waals surface area contributed by atoms with E-state index in [0.29, 0.717) is 5.69 Å². The number of nitrogens with two attached hydrogens (primary N) is 2. The van der Waals surface area contributed by atoms with Crippen LogP contribution in [0.25, 0.3) is 0 Å². The standard InChI is InChI=1S/C16H18ClF2N5O/c1-9-6-22-16(23-10(9)2)25-8-11(20)7-24(21)12-3-4-14(17)13(5-12)15(18)19/h3-7,15H,8,20-21H2,1-2H3/b11-7-.